The van der Waals surface area contributed by atoms with Crippen molar-refractivity contribution in [1.29, 1.82) is 0 Å². The molecule has 1 aliphatic rings. The molecule has 1 rings (SSSR count). The summed E-state index contributed by atoms with van der Waals surface area (Å²) in [5.74, 6) is 0.146. The Morgan fingerprint density at radius 1 is 1.18 bits per heavy atom. The molecule has 2 unspecified atom stereocenters. The van der Waals surface area contributed by atoms with Crippen LogP contribution < -0.4 is 10.6 Å². The first-order valence-electron chi connectivity index (χ1n) is 6.87. The molecule has 0 saturated heterocycles. The van der Waals surface area contributed by atoms with Crippen LogP contribution in [0, 0.1) is 5.41 Å². The van der Waals surface area contributed by atoms with E-state index in [4.69, 9.17) is 0 Å². The first-order valence-corrected chi connectivity index (χ1v) is 6.87. The molecule has 1 fully saturated rings. The largest absolute Gasteiger partial charge is 0.352 e. The van der Waals surface area contributed by atoms with Crippen molar-refractivity contribution in [3.05, 3.63) is 0 Å². The van der Waals surface area contributed by atoms with Crippen molar-refractivity contribution in [3.63, 3.8) is 0 Å². The summed E-state index contributed by atoms with van der Waals surface area (Å²) in [6.45, 7) is 10.6. The predicted octanol–water partition coefficient (Wildman–Crippen LogP) is 2.46. The third-order valence-corrected chi connectivity index (χ3v) is 3.89. The van der Waals surface area contributed by atoms with Crippen LogP contribution in [0.1, 0.15) is 60.3 Å². The van der Waals surface area contributed by atoms with Crippen LogP contribution in [0.4, 0.5) is 0 Å². The van der Waals surface area contributed by atoms with Gasteiger partial charge in [0.05, 0.1) is 6.04 Å². The molecule has 1 aliphatic carbocycles. The summed E-state index contributed by atoms with van der Waals surface area (Å²) in [6.07, 6.45) is 4.80. The number of hydrogen-bond acceptors (Lipinski definition) is 2. The number of carbonyl (C=O) groups is 1. The van der Waals surface area contributed by atoms with Gasteiger partial charge >= 0.3 is 0 Å². The molecule has 2 atom stereocenters. The van der Waals surface area contributed by atoms with Gasteiger partial charge in [0.15, 0.2) is 0 Å². The summed E-state index contributed by atoms with van der Waals surface area (Å²) in [7, 11) is 0. The molecule has 1 amide bonds. The van der Waals surface area contributed by atoms with E-state index in [1.54, 1.807) is 0 Å². The maximum Gasteiger partial charge on any atom is 0.237 e. The van der Waals surface area contributed by atoms with E-state index in [2.05, 4.69) is 38.3 Å². The third kappa shape index (κ3) is 4.66. The minimum absolute atomic E-state index is 0.107. The minimum atomic E-state index is -0.107. The van der Waals surface area contributed by atoms with Gasteiger partial charge in [0.25, 0.3) is 0 Å². The fraction of sp³-hybridized carbons (Fsp3) is 0.929. The normalized spacial score (nSPS) is 21.2. The van der Waals surface area contributed by atoms with Gasteiger partial charge in [-0.1, -0.05) is 33.6 Å². The van der Waals surface area contributed by atoms with E-state index in [0.717, 1.165) is 12.8 Å². The van der Waals surface area contributed by atoms with Crippen molar-refractivity contribution < 1.29 is 4.79 Å². The highest BCUT2D eigenvalue weighted by molar-refractivity contribution is 5.81. The lowest BCUT2D eigenvalue weighted by Gasteiger charge is -2.31. The molecule has 0 aliphatic heterocycles. The molecule has 100 valence electrons. The average Bonchev–Trinajstić information content (AvgIpc) is 2.68. The van der Waals surface area contributed by atoms with E-state index in [1.807, 2.05) is 6.92 Å². The Hall–Kier alpha value is -0.570. The lowest BCUT2D eigenvalue weighted by molar-refractivity contribution is -0.123. The minimum Gasteiger partial charge on any atom is -0.352 e. The molecule has 0 aromatic rings. The zero-order chi connectivity index (χ0) is 13.1. The van der Waals surface area contributed by atoms with Gasteiger partial charge in [-0.15, -0.1) is 0 Å². The zero-order valence-corrected chi connectivity index (χ0v) is 12.0. The number of hydrogen-bond donors (Lipinski definition) is 2. The first kappa shape index (κ1) is 14.5. The Morgan fingerprint density at radius 3 is 2.18 bits per heavy atom. The first-order chi connectivity index (χ1) is 7.80. The Morgan fingerprint density at radius 2 is 1.71 bits per heavy atom. The van der Waals surface area contributed by atoms with Crippen LogP contribution in [0.2, 0.25) is 0 Å². The maximum absolute atomic E-state index is 12.0. The van der Waals surface area contributed by atoms with Gasteiger partial charge in [0.2, 0.25) is 5.91 Å². The Bertz CT molecular complexity index is 251. The van der Waals surface area contributed by atoms with Gasteiger partial charge in [0, 0.05) is 12.1 Å². The van der Waals surface area contributed by atoms with Crippen LogP contribution in [0.5, 0.6) is 0 Å². The number of rotatable bonds is 4. The molecule has 0 spiro atoms. The van der Waals surface area contributed by atoms with Crippen LogP contribution in [-0.2, 0) is 4.79 Å². The second kappa shape index (κ2) is 5.85. The van der Waals surface area contributed by atoms with Crippen molar-refractivity contribution in [2.45, 2.75) is 78.4 Å². The Labute approximate surface area is 106 Å². The molecular weight excluding hydrogens is 212 g/mol. The summed E-state index contributed by atoms with van der Waals surface area (Å²) < 4.78 is 0. The molecule has 2 N–H and O–H groups in total. The van der Waals surface area contributed by atoms with E-state index in [9.17, 15) is 4.79 Å². The van der Waals surface area contributed by atoms with Crippen LogP contribution in [0.15, 0.2) is 0 Å². The highest BCUT2D eigenvalue weighted by atomic mass is 16.2. The van der Waals surface area contributed by atoms with Crippen LogP contribution in [0.3, 0.4) is 0 Å². The number of nitrogens with one attached hydrogen (secondary N) is 2. The van der Waals surface area contributed by atoms with E-state index in [-0.39, 0.29) is 17.4 Å². The molecule has 0 aromatic carbocycles. The molecular formula is C14H28N2O. The number of amides is 1. The zero-order valence-electron chi connectivity index (χ0n) is 12.0. The second-order valence-corrected chi connectivity index (χ2v) is 6.47. The van der Waals surface area contributed by atoms with E-state index in [1.165, 1.54) is 12.8 Å². The monoisotopic (exact) mass is 240 g/mol. The van der Waals surface area contributed by atoms with Crippen molar-refractivity contribution >= 4 is 5.91 Å². The van der Waals surface area contributed by atoms with Crippen molar-refractivity contribution in [3.8, 4) is 0 Å². The molecule has 0 radical (unpaired) electrons. The topological polar surface area (TPSA) is 41.1 Å². The quantitative estimate of drug-likeness (QED) is 0.792. The van der Waals surface area contributed by atoms with Crippen molar-refractivity contribution in [2.75, 3.05) is 0 Å². The summed E-state index contributed by atoms with van der Waals surface area (Å²) >= 11 is 0. The standard InChI is InChI=1S/C14H28N2O/c1-10(15-11(2)14(3,4)5)13(17)16-12-8-6-7-9-12/h10-12,15H,6-9H2,1-5H3,(H,16,17). The Kier molecular flexibility index (Phi) is 4.99. The molecule has 0 aromatic heterocycles. The van der Waals surface area contributed by atoms with E-state index >= 15 is 0 Å². The molecule has 0 bridgehead atoms. The van der Waals surface area contributed by atoms with Gasteiger partial charge in [-0.25, -0.2) is 0 Å². The lowest BCUT2D eigenvalue weighted by atomic mass is 9.87. The van der Waals surface area contributed by atoms with Crippen LogP contribution in [-0.4, -0.2) is 24.0 Å². The van der Waals surface area contributed by atoms with Gasteiger partial charge in [-0.05, 0) is 32.1 Å². The fourth-order valence-electron chi connectivity index (χ4n) is 2.10. The van der Waals surface area contributed by atoms with E-state index in [0.29, 0.717) is 12.1 Å². The molecule has 3 heteroatoms. The van der Waals surface area contributed by atoms with Gasteiger partial charge in [-0.3, -0.25) is 4.79 Å². The average molecular weight is 240 g/mol. The van der Waals surface area contributed by atoms with Crippen LogP contribution >= 0.6 is 0 Å². The molecule has 3 nitrogen and oxygen atoms in total. The summed E-state index contributed by atoms with van der Waals surface area (Å²) in [6, 6.07) is 0.633. The molecule has 17 heavy (non-hydrogen) atoms. The summed E-state index contributed by atoms with van der Waals surface area (Å²) in [5, 5.41) is 6.52. The van der Waals surface area contributed by atoms with Gasteiger partial charge < -0.3 is 10.6 Å². The third-order valence-electron chi connectivity index (χ3n) is 3.89. The highest BCUT2D eigenvalue weighted by Gasteiger charge is 2.25. The molecule has 0 heterocycles. The van der Waals surface area contributed by atoms with Crippen molar-refractivity contribution in [2.24, 2.45) is 5.41 Å². The number of carbonyl (C=O) groups excluding carboxylic acids is 1. The SMILES string of the molecule is CC(NC(C)C(C)(C)C)C(=O)NC1CCCC1. The predicted molar refractivity (Wildman–Crippen MR) is 71.9 cm³/mol. The summed E-state index contributed by atoms with van der Waals surface area (Å²) in [5.41, 5.74) is 0.182. The van der Waals surface area contributed by atoms with Crippen molar-refractivity contribution in [1.82, 2.24) is 10.6 Å². The van der Waals surface area contributed by atoms with Gasteiger partial charge in [-0.2, -0.15) is 0 Å². The Balaban J connectivity index is 2.36. The lowest BCUT2D eigenvalue weighted by Crippen LogP contribution is -2.51. The highest BCUT2D eigenvalue weighted by Crippen LogP contribution is 2.20. The van der Waals surface area contributed by atoms with E-state index < -0.39 is 0 Å². The molecule has 1 saturated carbocycles. The fourth-order valence-corrected chi connectivity index (χ4v) is 2.10. The van der Waals surface area contributed by atoms with Crippen LogP contribution in [0.25, 0.3) is 0 Å². The second-order valence-electron chi connectivity index (χ2n) is 6.47. The van der Waals surface area contributed by atoms with Gasteiger partial charge in [0.1, 0.15) is 0 Å². The summed E-state index contributed by atoms with van der Waals surface area (Å²) in [4.78, 5) is 12.0. The maximum atomic E-state index is 12.0. The smallest absolute Gasteiger partial charge is 0.237 e.